The van der Waals surface area contributed by atoms with Crippen molar-refractivity contribution in [2.45, 2.75) is 27.2 Å². The number of esters is 1. The minimum atomic E-state index is -0.664. The maximum atomic E-state index is 12.8. The molecule has 0 saturated heterocycles. The first kappa shape index (κ1) is 16.1. The van der Waals surface area contributed by atoms with Crippen LogP contribution in [0.1, 0.15) is 59.0 Å². The SMILES string of the molecule is CCC(C)(C)C(=O)Oc1cccc2c1C(=O)c1ccccc1C2=O. The largest absolute Gasteiger partial charge is 0.425 e. The molecule has 0 amide bonds. The summed E-state index contributed by atoms with van der Waals surface area (Å²) in [6.45, 7) is 5.46. The van der Waals surface area contributed by atoms with E-state index in [9.17, 15) is 14.4 Å². The summed E-state index contributed by atoms with van der Waals surface area (Å²) >= 11 is 0. The molecule has 4 heteroatoms. The van der Waals surface area contributed by atoms with Gasteiger partial charge in [0.2, 0.25) is 0 Å². The van der Waals surface area contributed by atoms with Crippen LogP contribution in [0.4, 0.5) is 0 Å². The second-order valence-corrected chi connectivity index (χ2v) is 6.51. The maximum absolute atomic E-state index is 12.8. The summed E-state index contributed by atoms with van der Waals surface area (Å²) in [5.41, 5.74) is 0.503. The Labute approximate surface area is 140 Å². The Morgan fingerprint density at radius 1 is 0.917 bits per heavy atom. The Morgan fingerprint density at radius 3 is 2.12 bits per heavy atom. The predicted octanol–water partition coefficient (Wildman–Crippen LogP) is 3.80. The fourth-order valence-electron chi connectivity index (χ4n) is 2.58. The van der Waals surface area contributed by atoms with Gasteiger partial charge in [0, 0.05) is 16.7 Å². The van der Waals surface area contributed by atoms with E-state index in [-0.39, 0.29) is 28.4 Å². The van der Waals surface area contributed by atoms with Gasteiger partial charge in [-0.2, -0.15) is 0 Å². The quantitative estimate of drug-likeness (QED) is 0.543. The fourth-order valence-corrected chi connectivity index (χ4v) is 2.58. The third-order valence-corrected chi connectivity index (χ3v) is 4.55. The van der Waals surface area contributed by atoms with E-state index in [4.69, 9.17) is 4.74 Å². The van der Waals surface area contributed by atoms with E-state index in [0.717, 1.165) is 0 Å². The standard InChI is InChI=1S/C20H18O4/c1-4-20(2,3)19(23)24-15-11-7-10-14-16(15)18(22)13-9-6-5-8-12(13)17(14)21/h5-11H,4H2,1-3H3. The molecule has 3 rings (SSSR count). The van der Waals surface area contributed by atoms with E-state index < -0.39 is 11.4 Å². The van der Waals surface area contributed by atoms with Gasteiger partial charge >= 0.3 is 5.97 Å². The highest BCUT2D eigenvalue weighted by Crippen LogP contribution is 2.34. The zero-order chi connectivity index (χ0) is 17.5. The van der Waals surface area contributed by atoms with Crippen LogP contribution < -0.4 is 4.74 Å². The lowest BCUT2D eigenvalue weighted by Crippen LogP contribution is -2.29. The normalized spacial score (nSPS) is 13.3. The zero-order valence-corrected chi connectivity index (χ0v) is 13.9. The Balaban J connectivity index is 2.09. The van der Waals surface area contributed by atoms with Crippen LogP contribution in [0.15, 0.2) is 42.5 Å². The van der Waals surface area contributed by atoms with Gasteiger partial charge in [0.25, 0.3) is 0 Å². The van der Waals surface area contributed by atoms with Gasteiger partial charge in [-0.15, -0.1) is 0 Å². The molecule has 2 aromatic rings. The molecule has 0 bridgehead atoms. The molecule has 0 spiro atoms. The topological polar surface area (TPSA) is 60.4 Å². The molecule has 24 heavy (non-hydrogen) atoms. The summed E-state index contributed by atoms with van der Waals surface area (Å²) in [4.78, 5) is 37.8. The van der Waals surface area contributed by atoms with Crippen LogP contribution in [0.5, 0.6) is 5.75 Å². The zero-order valence-electron chi connectivity index (χ0n) is 13.9. The summed E-state index contributed by atoms with van der Waals surface area (Å²) < 4.78 is 5.49. The van der Waals surface area contributed by atoms with Crippen molar-refractivity contribution in [2.24, 2.45) is 5.41 Å². The number of rotatable bonds is 3. The monoisotopic (exact) mass is 322 g/mol. The van der Waals surface area contributed by atoms with Crippen molar-refractivity contribution in [3.63, 3.8) is 0 Å². The number of fused-ring (bicyclic) bond motifs is 2. The highest BCUT2D eigenvalue weighted by Gasteiger charge is 2.34. The lowest BCUT2D eigenvalue weighted by atomic mass is 9.83. The highest BCUT2D eigenvalue weighted by molar-refractivity contribution is 6.29. The molecule has 0 radical (unpaired) electrons. The number of hydrogen-bond acceptors (Lipinski definition) is 4. The fraction of sp³-hybridized carbons (Fsp3) is 0.250. The summed E-state index contributed by atoms with van der Waals surface area (Å²) in [7, 11) is 0. The lowest BCUT2D eigenvalue weighted by molar-refractivity contribution is -0.144. The van der Waals surface area contributed by atoms with E-state index in [0.29, 0.717) is 17.5 Å². The molecule has 0 saturated carbocycles. The van der Waals surface area contributed by atoms with Gasteiger partial charge in [-0.25, -0.2) is 0 Å². The Hall–Kier alpha value is -2.75. The molecule has 0 N–H and O–H groups in total. The molecule has 4 nitrogen and oxygen atoms in total. The molecule has 122 valence electrons. The van der Waals surface area contributed by atoms with Crippen LogP contribution in [0.3, 0.4) is 0 Å². The average Bonchev–Trinajstić information content (AvgIpc) is 2.59. The van der Waals surface area contributed by atoms with Crippen molar-refractivity contribution in [1.29, 1.82) is 0 Å². The van der Waals surface area contributed by atoms with Crippen LogP contribution in [-0.4, -0.2) is 17.5 Å². The van der Waals surface area contributed by atoms with Gasteiger partial charge in [-0.05, 0) is 26.3 Å². The van der Waals surface area contributed by atoms with Crippen molar-refractivity contribution in [3.8, 4) is 5.75 Å². The first-order valence-electron chi connectivity index (χ1n) is 7.90. The maximum Gasteiger partial charge on any atom is 0.316 e. The second-order valence-electron chi connectivity index (χ2n) is 6.51. The smallest absolute Gasteiger partial charge is 0.316 e. The molecule has 0 fully saturated rings. The van der Waals surface area contributed by atoms with Gasteiger partial charge in [-0.1, -0.05) is 43.3 Å². The molecule has 0 aromatic heterocycles. The van der Waals surface area contributed by atoms with Crippen LogP contribution in [0.2, 0.25) is 0 Å². The molecular formula is C20H18O4. The number of carbonyl (C=O) groups excluding carboxylic acids is 3. The van der Waals surface area contributed by atoms with E-state index in [1.54, 1.807) is 56.3 Å². The summed E-state index contributed by atoms with van der Waals surface area (Å²) in [6, 6.07) is 11.5. The van der Waals surface area contributed by atoms with E-state index in [2.05, 4.69) is 0 Å². The molecule has 0 unspecified atom stereocenters. The number of ether oxygens (including phenoxy) is 1. The number of hydrogen-bond donors (Lipinski definition) is 0. The first-order chi connectivity index (χ1) is 11.4. The average molecular weight is 322 g/mol. The summed E-state index contributed by atoms with van der Waals surface area (Å²) in [6.07, 6.45) is 0.608. The van der Waals surface area contributed by atoms with Crippen LogP contribution in [0, 0.1) is 5.41 Å². The minimum Gasteiger partial charge on any atom is -0.425 e. The van der Waals surface area contributed by atoms with Crippen molar-refractivity contribution in [3.05, 3.63) is 64.7 Å². The third kappa shape index (κ3) is 2.44. The van der Waals surface area contributed by atoms with Gasteiger partial charge in [0.1, 0.15) is 5.75 Å². The van der Waals surface area contributed by atoms with E-state index >= 15 is 0 Å². The molecule has 0 atom stereocenters. The molecular weight excluding hydrogens is 304 g/mol. The van der Waals surface area contributed by atoms with Crippen molar-refractivity contribution in [1.82, 2.24) is 0 Å². The van der Waals surface area contributed by atoms with E-state index in [1.807, 2.05) is 6.92 Å². The van der Waals surface area contributed by atoms with Gasteiger partial charge in [0.05, 0.1) is 11.0 Å². The van der Waals surface area contributed by atoms with Crippen molar-refractivity contribution >= 4 is 17.5 Å². The number of ketones is 2. The molecule has 1 aliphatic rings. The van der Waals surface area contributed by atoms with Crippen LogP contribution >= 0.6 is 0 Å². The molecule has 0 aliphatic heterocycles. The van der Waals surface area contributed by atoms with E-state index in [1.165, 1.54) is 0 Å². The van der Waals surface area contributed by atoms with Gasteiger partial charge in [-0.3, -0.25) is 14.4 Å². The Morgan fingerprint density at radius 2 is 1.50 bits per heavy atom. The van der Waals surface area contributed by atoms with Crippen LogP contribution in [-0.2, 0) is 4.79 Å². The minimum absolute atomic E-state index is 0.145. The van der Waals surface area contributed by atoms with Gasteiger partial charge in [0.15, 0.2) is 11.6 Å². The number of benzene rings is 2. The first-order valence-corrected chi connectivity index (χ1v) is 7.90. The van der Waals surface area contributed by atoms with Crippen molar-refractivity contribution in [2.75, 3.05) is 0 Å². The van der Waals surface area contributed by atoms with Gasteiger partial charge < -0.3 is 4.74 Å². The second kappa shape index (κ2) is 5.71. The molecule has 1 aliphatic carbocycles. The summed E-state index contributed by atoms with van der Waals surface area (Å²) in [5.74, 6) is -0.796. The Kier molecular flexibility index (Phi) is 3.84. The Bertz CT molecular complexity index is 862. The number of carbonyl (C=O) groups is 3. The lowest BCUT2D eigenvalue weighted by Gasteiger charge is -2.23. The summed E-state index contributed by atoms with van der Waals surface area (Å²) in [5, 5.41) is 0. The molecule has 0 heterocycles. The highest BCUT2D eigenvalue weighted by atomic mass is 16.5. The third-order valence-electron chi connectivity index (χ3n) is 4.55. The van der Waals surface area contributed by atoms with Crippen molar-refractivity contribution < 1.29 is 19.1 Å². The van der Waals surface area contributed by atoms with Crippen LogP contribution in [0.25, 0.3) is 0 Å². The molecule has 2 aromatic carbocycles. The predicted molar refractivity (Wildman–Crippen MR) is 89.5 cm³/mol.